The lowest BCUT2D eigenvalue weighted by Crippen LogP contribution is -2.52. The molecule has 1 N–H and O–H groups in total. The number of hydrogen-bond donors (Lipinski definition) is 1. The van der Waals surface area contributed by atoms with E-state index in [1.54, 1.807) is 13.8 Å². The summed E-state index contributed by atoms with van der Waals surface area (Å²) in [6.45, 7) is 7.55. The average molecular weight is 407 g/mol. The fraction of sp³-hybridized carbons (Fsp3) is 0.625. The molecule has 7 nitrogen and oxygen atoms in total. The molecule has 3 heterocycles. The molecular formula is C16H22ClF3N6O. The lowest BCUT2D eigenvalue weighted by atomic mass is 10.1. The predicted molar refractivity (Wildman–Crippen MR) is 94.9 cm³/mol. The zero-order chi connectivity index (χ0) is 19.1. The highest BCUT2D eigenvalue weighted by Crippen LogP contribution is 2.27. The lowest BCUT2D eigenvalue weighted by molar-refractivity contribution is -0.144. The van der Waals surface area contributed by atoms with Crippen molar-refractivity contribution >= 4 is 24.1 Å². The molecule has 1 aliphatic heterocycles. The Kier molecular flexibility index (Phi) is 6.31. The molecule has 1 amide bonds. The second-order valence-electron chi connectivity index (χ2n) is 6.55. The Hall–Kier alpha value is -1.94. The molecular weight excluding hydrogens is 385 g/mol. The van der Waals surface area contributed by atoms with Crippen molar-refractivity contribution in [3.8, 4) is 0 Å². The number of amides is 1. The fourth-order valence-electron chi connectivity index (χ4n) is 3.28. The molecule has 11 heteroatoms. The van der Waals surface area contributed by atoms with Crippen LogP contribution in [0.2, 0.25) is 0 Å². The number of rotatable bonds is 3. The summed E-state index contributed by atoms with van der Waals surface area (Å²) in [5.41, 5.74) is 1.82. The van der Waals surface area contributed by atoms with Crippen LogP contribution in [0.15, 0.2) is 0 Å². The molecule has 0 aromatic carbocycles. The minimum atomic E-state index is -4.62. The van der Waals surface area contributed by atoms with E-state index in [-0.39, 0.29) is 36.6 Å². The van der Waals surface area contributed by atoms with Crippen LogP contribution in [-0.4, -0.2) is 56.1 Å². The van der Waals surface area contributed by atoms with E-state index >= 15 is 0 Å². The van der Waals surface area contributed by atoms with Crippen molar-refractivity contribution < 1.29 is 18.0 Å². The van der Waals surface area contributed by atoms with Gasteiger partial charge in [0.15, 0.2) is 0 Å². The number of aryl methyl sites for hydroxylation is 2. The SMILES string of the molecule is Cc1nc2nc(C(F)(F)F)nn2c(C)c1CCC(=O)N1CCNC[C@H]1C.Cl. The molecule has 1 saturated heterocycles. The highest BCUT2D eigenvalue weighted by Gasteiger charge is 2.37. The van der Waals surface area contributed by atoms with Gasteiger partial charge in [0.2, 0.25) is 5.91 Å². The highest BCUT2D eigenvalue weighted by molar-refractivity contribution is 5.85. The smallest absolute Gasteiger partial charge is 0.337 e. The third-order valence-corrected chi connectivity index (χ3v) is 4.71. The molecule has 0 spiro atoms. The molecule has 0 radical (unpaired) electrons. The average Bonchev–Trinajstić information content (AvgIpc) is 2.99. The van der Waals surface area contributed by atoms with Crippen LogP contribution >= 0.6 is 12.4 Å². The zero-order valence-electron chi connectivity index (χ0n) is 15.3. The molecule has 0 unspecified atom stereocenters. The number of halogens is 4. The number of carbonyl (C=O) groups excluding carboxylic acids is 1. The summed E-state index contributed by atoms with van der Waals surface area (Å²) in [4.78, 5) is 21.9. The number of fused-ring (bicyclic) bond motifs is 1. The van der Waals surface area contributed by atoms with Gasteiger partial charge in [-0.3, -0.25) is 4.79 Å². The van der Waals surface area contributed by atoms with E-state index in [9.17, 15) is 18.0 Å². The van der Waals surface area contributed by atoms with Crippen molar-refractivity contribution in [1.29, 1.82) is 0 Å². The van der Waals surface area contributed by atoms with E-state index in [0.717, 1.165) is 23.2 Å². The van der Waals surface area contributed by atoms with Crippen LogP contribution in [0.3, 0.4) is 0 Å². The standard InChI is InChI=1S/C16H21F3N6O.ClH/c1-9-8-20-6-7-24(9)13(26)5-4-12-10(2)21-15-22-14(16(17,18)19)23-25(15)11(12)3;/h9,20H,4-8H2,1-3H3;1H/t9-;/m1./s1. The van der Waals surface area contributed by atoms with Gasteiger partial charge in [0, 0.05) is 43.5 Å². The first-order chi connectivity index (χ1) is 12.2. The van der Waals surface area contributed by atoms with Crippen molar-refractivity contribution in [3.05, 3.63) is 22.8 Å². The molecule has 2 aromatic heterocycles. The number of piperazine rings is 1. The quantitative estimate of drug-likeness (QED) is 0.843. The number of carbonyl (C=O) groups is 1. The Bertz CT molecular complexity index is 838. The number of nitrogens with one attached hydrogen (secondary N) is 1. The molecule has 1 fully saturated rings. The molecule has 0 saturated carbocycles. The van der Waals surface area contributed by atoms with Crippen molar-refractivity contribution in [1.82, 2.24) is 29.8 Å². The van der Waals surface area contributed by atoms with E-state index in [2.05, 4.69) is 20.4 Å². The predicted octanol–water partition coefficient (Wildman–Crippen LogP) is 1.93. The van der Waals surface area contributed by atoms with Crippen LogP contribution in [-0.2, 0) is 17.4 Å². The van der Waals surface area contributed by atoms with Crippen LogP contribution in [0.25, 0.3) is 5.78 Å². The second-order valence-corrected chi connectivity index (χ2v) is 6.55. The number of alkyl halides is 3. The van der Waals surface area contributed by atoms with Gasteiger partial charge in [0.25, 0.3) is 11.6 Å². The largest absolute Gasteiger partial charge is 0.453 e. The number of hydrogen-bond acceptors (Lipinski definition) is 5. The fourth-order valence-corrected chi connectivity index (χ4v) is 3.28. The van der Waals surface area contributed by atoms with Crippen LogP contribution in [0, 0.1) is 13.8 Å². The summed E-state index contributed by atoms with van der Waals surface area (Å²) in [5, 5.41) is 6.76. The third-order valence-electron chi connectivity index (χ3n) is 4.71. The van der Waals surface area contributed by atoms with Gasteiger partial charge in [0.05, 0.1) is 0 Å². The second kappa shape index (κ2) is 7.97. The highest BCUT2D eigenvalue weighted by atomic mass is 35.5. The molecule has 150 valence electrons. The van der Waals surface area contributed by atoms with Crippen molar-refractivity contribution in [2.45, 2.75) is 45.8 Å². The first-order valence-corrected chi connectivity index (χ1v) is 8.48. The molecule has 0 bridgehead atoms. The first kappa shape index (κ1) is 21.4. The van der Waals surface area contributed by atoms with Gasteiger partial charge in [-0.1, -0.05) is 0 Å². The molecule has 0 aliphatic carbocycles. The van der Waals surface area contributed by atoms with Gasteiger partial charge in [-0.25, -0.2) is 9.50 Å². The third kappa shape index (κ3) is 4.32. The maximum Gasteiger partial charge on any atom is 0.453 e. The van der Waals surface area contributed by atoms with Crippen LogP contribution in [0.4, 0.5) is 13.2 Å². The van der Waals surface area contributed by atoms with Gasteiger partial charge in [-0.15, -0.1) is 17.5 Å². The summed E-state index contributed by atoms with van der Waals surface area (Å²) in [7, 11) is 0. The van der Waals surface area contributed by atoms with E-state index in [0.29, 0.717) is 24.4 Å². The Labute approximate surface area is 160 Å². The van der Waals surface area contributed by atoms with Crippen molar-refractivity contribution in [2.24, 2.45) is 0 Å². The minimum absolute atomic E-state index is 0. The van der Waals surface area contributed by atoms with E-state index in [1.165, 1.54) is 0 Å². The Balaban J connectivity index is 0.00000261. The Morgan fingerprint density at radius 2 is 2.00 bits per heavy atom. The van der Waals surface area contributed by atoms with Gasteiger partial charge in [-0.05, 0) is 32.8 Å². The summed E-state index contributed by atoms with van der Waals surface area (Å²) >= 11 is 0. The number of aromatic nitrogens is 4. The maximum atomic E-state index is 12.8. The summed E-state index contributed by atoms with van der Waals surface area (Å²) in [5.74, 6) is -1.26. The molecule has 1 aliphatic rings. The van der Waals surface area contributed by atoms with Crippen LogP contribution in [0.1, 0.15) is 36.1 Å². The molecule has 1 atom stereocenters. The normalized spacial score (nSPS) is 17.9. The van der Waals surface area contributed by atoms with Crippen molar-refractivity contribution in [3.63, 3.8) is 0 Å². The Morgan fingerprint density at radius 3 is 2.63 bits per heavy atom. The first-order valence-electron chi connectivity index (χ1n) is 8.48. The van der Waals surface area contributed by atoms with Crippen LogP contribution in [0.5, 0.6) is 0 Å². The topological polar surface area (TPSA) is 75.4 Å². The molecule has 3 rings (SSSR count). The lowest BCUT2D eigenvalue weighted by Gasteiger charge is -2.34. The van der Waals surface area contributed by atoms with Gasteiger partial charge < -0.3 is 10.2 Å². The molecule has 27 heavy (non-hydrogen) atoms. The minimum Gasteiger partial charge on any atom is -0.337 e. The van der Waals surface area contributed by atoms with Crippen LogP contribution < -0.4 is 5.32 Å². The van der Waals surface area contributed by atoms with Gasteiger partial charge >= 0.3 is 6.18 Å². The monoisotopic (exact) mass is 406 g/mol. The summed E-state index contributed by atoms with van der Waals surface area (Å²) in [6, 6.07) is 0.128. The van der Waals surface area contributed by atoms with E-state index in [4.69, 9.17) is 0 Å². The Morgan fingerprint density at radius 1 is 1.30 bits per heavy atom. The number of nitrogens with zero attached hydrogens (tertiary/aromatic N) is 5. The maximum absolute atomic E-state index is 12.8. The molecule has 2 aromatic rings. The summed E-state index contributed by atoms with van der Waals surface area (Å²) in [6.07, 6.45) is -3.94. The van der Waals surface area contributed by atoms with E-state index in [1.807, 2.05) is 11.8 Å². The van der Waals surface area contributed by atoms with E-state index < -0.39 is 12.0 Å². The van der Waals surface area contributed by atoms with Gasteiger partial charge in [0.1, 0.15) is 0 Å². The zero-order valence-corrected chi connectivity index (χ0v) is 16.1. The van der Waals surface area contributed by atoms with Gasteiger partial charge in [-0.2, -0.15) is 18.2 Å². The van der Waals surface area contributed by atoms with Crippen molar-refractivity contribution in [2.75, 3.05) is 19.6 Å². The summed E-state index contributed by atoms with van der Waals surface area (Å²) < 4.78 is 39.6.